The second-order valence-electron chi connectivity index (χ2n) is 10.7. The molecule has 0 saturated carbocycles. The predicted octanol–water partition coefficient (Wildman–Crippen LogP) is 7.02. The summed E-state index contributed by atoms with van der Waals surface area (Å²) in [5.41, 5.74) is 11.4. The molecular formula is C35H34BrN5O5. The minimum Gasteiger partial charge on any atom is -0.497 e. The van der Waals surface area contributed by atoms with Gasteiger partial charge in [-0.1, -0.05) is 69.6 Å². The highest BCUT2D eigenvalue weighted by atomic mass is 79.9. The van der Waals surface area contributed by atoms with Gasteiger partial charge >= 0.3 is 0 Å². The number of hydrogen-bond acceptors (Lipinski definition) is 7. The molecule has 0 aromatic heterocycles. The van der Waals surface area contributed by atoms with Crippen LogP contribution in [0.4, 0.5) is 5.69 Å². The summed E-state index contributed by atoms with van der Waals surface area (Å²) in [6.45, 7) is 0.805. The maximum Gasteiger partial charge on any atom is 0.252 e. The van der Waals surface area contributed by atoms with E-state index in [4.69, 9.17) is 24.3 Å². The smallest absolute Gasteiger partial charge is 0.252 e. The van der Waals surface area contributed by atoms with E-state index in [1.165, 1.54) is 0 Å². The first-order valence-electron chi connectivity index (χ1n) is 14.9. The van der Waals surface area contributed by atoms with Crippen molar-refractivity contribution in [1.29, 1.82) is 0 Å². The van der Waals surface area contributed by atoms with Crippen LogP contribution in [-0.2, 0) is 22.4 Å². The number of rotatable bonds is 14. The molecule has 1 aliphatic rings. The summed E-state index contributed by atoms with van der Waals surface area (Å²) < 4.78 is 18.4. The van der Waals surface area contributed by atoms with Crippen molar-refractivity contribution in [3.63, 3.8) is 0 Å². The summed E-state index contributed by atoms with van der Waals surface area (Å²) in [4.78, 5) is 22.6. The van der Waals surface area contributed by atoms with Gasteiger partial charge in [0.15, 0.2) is 11.6 Å². The molecule has 11 heteroatoms. The van der Waals surface area contributed by atoms with Crippen LogP contribution in [0.15, 0.2) is 112 Å². The quantitative estimate of drug-likeness (QED) is 0.0637. The molecule has 0 unspecified atom stereocenters. The van der Waals surface area contributed by atoms with E-state index < -0.39 is 11.6 Å². The second kappa shape index (κ2) is 15.4. The first-order chi connectivity index (χ1) is 22.5. The topological polar surface area (TPSA) is 138 Å². The average Bonchev–Trinajstić information content (AvgIpc) is 3.47. The van der Waals surface area contributed by atoms with Crippen molar-refractivity contribution in [3.8, 4) is 11.5 Å². The van der Waals surface area contributed by atoms with Crippen molar-refractivity contribution in [1.82, 2.24) is 5.32 Å². The van der Waals surface area contributed by atoms with Gasteiger partial charge in [-0.15, -0.1) is 0 Å². The maximum absolute atomic E-state index is 14.5. The van der Waals surface area contributed by atoms with Gasteiger partial charge in [-0.3, -0.25) is 4.79 Å². The van der Waals surface area contributed by atoms with Crippen LogP contribution < -0.4 is 14.8 Å². The summed E-state index contributed by atoms with van der Waals surface area (Å²) in [6, 6.07) is 29.8. The lowest BCUT2D eigenvalue weighted by molar-refractivity contribution is -0.128. The molecule has 0 fully saturated rings. The minimum atomic E-state index is -1.44. The summed E-state index contributed by atoms with van der Waals surface area (Å²) in [7, 11) is 1.62. The summed E-state index contributed by atoms with van der Waals surface area (Å²) in [5.74, 6) is 1.40. The Labute approximate surface area is 275 Å². The number of aliphatic hydroxyl groups excluding tert-OH is 1. The molecule has 2 atom stereocenters. The van der Waals surface area contributed by atoms with Crippen molar-refractivity contribution < 1.29 is 24.1 Å². The number of carbonyl (C=O) groups is 1. The Morgan fingerprint density at radius 1 is 1.04 bits per heavy atom. The van der Waals surface area contributed by atoms with E-state index in [0.717, 1.165) is 21.3 Å². The van der Waals surface area contributed by atoms with E-state index in [1.54, 1.807) is 31.4 Å². The zero-order valence-corrected chi connectivity index (χ0v) is 26.9. The Kier molecular flexibility index (Phi) is 10.9. The van der Waals surface area contributed by atoms with Crippen LogP contribution in [0.25, 0.3) is 10.4 Å². The fraction of sp³-hybridized carbons (Fsp3) is 0.257. The number of amides is 1. The molecule has 0 aliphatic carbocycles. The van der Waals surface area contributed by atoms with Crippen LogP contribution >= 0.6 is 15.9 Å². The van der Waals surface area contributed by atoms with Gasteiger partial charge in [-0.2, -0.15) is 0 Å². The van der Waals surface area contributed by atoms with Gasteiger partial charge in [0.25, 0.3) is 5.91 Å². The molecule has 0 saturated heterocycles. The second-order valence-corrected chi connectivity index (χ2v) is 11.6. The van der Waals surface area contributed by atoms with Crippen molar-refractivity contribution in [3.05, 3.63) is 134 Å². The molecule has 1 aliphatic heterocycles. The lowest BCUT2D eigenvalue weighted by Crippen LogP contribution is -2.50. The van der Waals surface area contributed by atoms with Crippen molar-refractivity contribution in [2.24, 2.45) is 10.1 Å². The predicted molar refractivity (Wildman–Crippen MR) is 180 cm³/mol. The van der Waals surface area contributed by atoms with Crippen LogP contribution in [0, 0.1) is 0 Å². The fourth-order valence-corrected chi connectivity index (χ4v) is 5.55. The third-order valence-corrected chi connectivity index (χ3v) is 8.19. The summed E-state index contributed by atoms with van der Waals surface area (Å²) in [5, 5.41) is 16.1. The lowest BCUT2D eigenvalue weighted by Gasteiger charge is -2.31. The first kappa shape index (κ1) is 32.6. The summed E-state index contributed by atoms with van der Waals surface area (Å²) in [6.07, 6.45) is 0.443. The molecule has 10 nitrogen and oxygen atoms in total. The molecule has 0 radical (unpaired) electrons. The number of nitrogens with zero attached hydrogens (tertiary/aromatic N) is 4. The van der Waals surface area contributed by atoms with E-state index in [2.05, 4.69) is 31.3 Å². The number of carbonyl (C=O) groups excluding carboxylic acids is 1. The number of methoxy groups -OCH3 is 1. The first-order valence-corrected chi connectivity index (χ1v) is 15.7. The van der Waals surface area contributed by atoms with Crippen LogP contribution in [-0.4, -0.2) is 49.3 Å². The maximum atomic E-state index is 14.5. The van der Waals surface area contributed by atoms with Crippen LogP contribution in [0.1, 0.15) is 34.8 Å². The standard InChI is InChI=1S/C35H34BrN5O5/c1-44-29-15-7-24(8-16-29)19-20-38-34(43)35(23-27-5-2-3-6-31(27)40-41-37)32(25-9-13-28(36)14-10-25)46-33(39-35)26-11-17-30(18-12-26)45-22-4-21-42/h2-3,5-18,32,42H,4,19-23H2,1H3,(H,38,43)/t32-,35-/m1/s1. The molecule has 46 heavy (non-hydrogen) atoms. The number of hydrogen-bond donors (Lipinski definition) is 2. The van der Waals surface area contributed by atoms with Gasteiger partial charge in [-0.25, -0.2) is 4.99 Å². The number of halogens is 1. The minimum absolute atomic E-state index is 0.0488. The lowest BCUT2D eigenvalue weighted by atomic mass is 9.81. The van der Waals surface area contributed by atoms with Crippen LogP contribution in [0.2, 0.25) is 0 Å². The Morgan fingerprint density at radius 2 is 1.76 bits per heavy atom. The Balaban J connectivity index is 1.54. The SMILES string of the molecule is COc1ccc(CCNC(=O)[C@]2(Cc3ccccc3N=[N+]=[N-])N=C(c3ccc(OCCCO)cc3)O[C@@H]2c2ccc(Br)cc2)cc1. The Morgan fingerprint density at radius 3 is 2.46 bits per heavy atom. The van der Waals surface area contributed by atoms with Gasteiger partial charge in [0.1, 0.15) is 11.5 Å². The number of aliphatic imine (C=N–C) groups is 1. The fourth-order valence-electron chi connectivity index (χ4n) is 5.28. The van der Waals surface area contributed by atoms with E-state index in [-0.39, 0.29) is 18.9 Å². The van der Waals surface area contributed by atoms with E-state index in [0.29, 0.717) is 54.5 Å². The molecule has 1 heterocycles. The number of azide groups is 1. The van der Waals surface area contributed by atoms with Crippen molar-refractivity contribution >= 4 is 33.4 Å². The van der Waals surface area contributed by atoms with Crippen molar-refractivity contribution in [2.75, 3.05) is 26.9 Å². The van der Waals surface area contributed by atoms with E-state index >= 15 is 0 Å². The normalized spacial score (nSPS) is 16.9. The largest absolute Gasteiger partial charge is 0.497 e. The average molecular weight is 685 g/mol. The Bertz CT molecular complexity index is 1710. The molecule has 0 spiro atoms. The highest BCUT2D eigenvalue weighted by molar-refractivity contribution is 9.10. The van der Waals surface area contributed by atoms with Gasteiger partial charge < -0.3 is 24.6 Å². The van der Waals surface area contributed by atoms with Crippen molar-refractivity contribution in [2.45, 2.75) is 30.9 Å². The molecule has 2 N–H and O–H groups in total. The van der Waals surface area contributed by atoms with Crippen LogP contribution in [0.5, 0.6) is 11.5 Å². The number of ether oxygens (including phenoxy) is 3. The molecule has 236 valence electrons. The number of benzene rings is 4. The van der Waals surface area contributed by atoms with Gasteiger partial charge in [0.05, 0.1) is 13.7 Å². The number of aliphatic hydroxyl groups is 1. The zero-order valence-electron chi connectivity index (χ0n) is 25.3. The zero-order chi connectivity index (χ0) is 32.4. The van der Waals surface area contributed by atoms with Crippen LogP contribution in [0.3, 0.4) is 0 Å². The van der Waals surface area contributed by atoms with E-state index in [9.17, 15) is 10.3 Å². The third kappa shape index (κ3) is 7.69. The molecular weight excluding hydrogens is 650 g/mol. The highest BCUT2D eigenvalue weighted by Crippen LogP contribution is 2.44. The Hall–Kier alpha value is -4.83. The molecule has 5 rings (SSSR count). The molecule has 4 aromatic carbocycles. The third-order valence-electron chi connectivity index (χ3n) is 7.66. The summed E-state index contributed by atoms with van der Waals surface area (Å²) >= 11 is 3.51. The molecule has 4 aromatic rings. The number of nitrogens with one attached hydrogen (secondary N) is 1. The molecule has 0 bridgehead atoms. The molecule has 1 amide bonds. The monoisotopic (exact) mass is 683 g/mol. The van der Waals surface area contributed by atoms with Gasteiger partial charge in [0.2, 0.25) is 5.90 Å². The van der Waals surface area contributed by atoms with Gasteiger partial charge in [0, 0.05) is 46.6 Å². The van der Waals surface area contributed by atoms with Gasteiger partial charge in [-0.05, 0) is 77.2 Å². The van der Waals surface area contributed by atoms with E-state index in [1.807, 2.05) is 72.8 Å². The highest BCUT2D eigenvalue weighted by Gasteiger charge is 2.53.